The van der Waals surface area contributed by atoms with Crippen LogP contribution in [0.25, 0.3) is 0 Å². The third-order valence-electron chi connectivity index (χ3n) is 1.38. The number of hydrogen-bond donors (Lipinski definition) is 1. The fourth-order valence-corrected chi connectivity index (χ4v) is 2.93. The summed E-state index contributed by atoms with van der Waals surface area (Å²) in [5, 5.41) is 4.74. The van der Waals surface area contributed by atoms with Gasteiger partial charge >= 0.3 is 0 Å². The van der Waals surface area contributed by atoms with Crippen LogP contribution in [0.5, 0.6) is 0 Å². The van der Waals surface area contributed by atoms with E-state index in [0.29, 0.717) is 6.07 Å². The van der Waals surface area contributed by atoms with Gasteiger partial charge < -0.3 is 0 Å². The normalized spacial score (nSPS) is 11.8. The van der Waals surface area contributed by atoms with Gasteiger partial charge in [0, 0.05) is 0 Å². The lowest BCUT2D eigenvalue weighted by atomic mass is 10.3. The van der Waals surface area contributed by atoms with Crippen molar-refractivity contribution in [1.82, 2.24) is 0 Å². The van der Waals surface area contributed by atoms with Crippen molar-refractivity contribution in [3.05, 3.63) is 26.6 Å². The highest BCUT2D eigenvalue weighted by Crippen LogP contribution is 2.31. The second-order valence-corrected chi connectivity index (χ2v) is 5.46. The van der Waals surface area contributed by atoms with Gasteiger partial charge in [-0.1, -0.05) is 0 Å². The number of hydrogen-bond acceptors (Lipinski definition) is 2. The van der Waals surface area contributed by atoms with Gasteiger partial charge in [0.25, 0.3) is 0 Å². The van der Waals surface area contributed by atoms with Gasteiger partial charge in [-0.15, -0.1) is 0 Å². The molecule has 0 saturated carbocycles. The van der Waals surface area contributed by atoms with Crippen molar-refractivity contribution in [2.24, 2.45) is 5.14 Å². The standard InChI is InChI=1S/C6H3Br2F2NO2S/c7-4-2(9)1-3(14(11,12)13)5(8)6(4)10/h1H,(H2,11,12,13). The maximum atomic E-state index is 13.1. The van der Waals surface area contributed by atoms with E-state index in [-0.39, 0.29) is 0 Å². The summed E-state index contributed by atoms with van der Waals surface area (Å²) in [5.74, 6) is -2.08. The van der Waals surface area contributed by atoms with E-state index >= 15 is 0 Å². The molecule has 0 heterocycles. The number of sulfonamides is 1. The van der Waals surface area contributed by atoms with E-state index in [1.54, 1.807) is 0 Å². The molecule has 0 spiro atoms. The first-order valence-electron chi connectivity index (χ1n) is 3.11. The highest BCUT2D eigenvalue weighted by Gasteiger charge is 2.21. The lowest BCUT2D eigenvalue weighted by molar-refractivity contribution is 0.553. The average molecular weight is 351 g/mol. The van der Waals surface area contributed by atoms with Crippen LogP contribution in [0.4, 0.5) is 8.78 Å². The average Bonchev–Trinajstić information content (AvgIpc) is 2.06. The second kappa shape index (κ2) is 3.84. The number of halogens is 4. The summed E-state index contributed by atoms with van der Waals surface area (Å²) >= 11 is 5.29. The Bertz CT molecular complexity index is 489. The minimum absolute atomic E-state index is 0.395. The van der Waals surface area contributed by atoms with Crippen LogP contribution in [0.2, 0.25) is 0 Å². The zero-order valence-corrected chi connectivity index (χ0v) is 10.4. The summed E-state index contributed by atoms with van der Waals surface area (Å²) in [4.78, 5) is -0.629. The summed E-state index contributed by atoms with van der Waals surface area (Å²) in [6.45, 7) is 0. The predicted octanol–water partition coefficient (Wildman–Crippen LogP) is 2.14. The number of rotatable bonds is 1. The first-order chi connectivity index (χ1) is 6.25. The Morgan fingerprint density at radius 1 is 1.21 bits per heavy atom. The van der Waals surface area contributed by atoms with Gasteiger partial charge in [-0.3, -0.25) is 0 Å². The van der Waals surface area contributed by atoms with E-state index in [4.69, 9.17) is 5.14 Å². The van der Waals surface area contributed by atoms with Crippen LogP contribution < -0.4 is 5.14 Å². The van der Waals surface area contributed by atoms with E-state index < -0.39 is 35.5 Å². The molecule has 8 heteroatoms. The van der Waals surface area contributed by atoms with Gasteiger partial charge in [0.2, 0.25) is 10.0 Å². The van der Waals surface area contributed by atoms with Crippen LogP contribution in [0.15, 0.2) is 19.9 Å². The molecule has 0 aliphatic rings. The summed E-state index contributed by atoms with van der Waals surface area (Å²) in [5.41, 5.74) is 0. The van der Waals surface area contributed by atoms with Gasteiger partial charge in [-0.25, -0.2) is 22.3 Å². The fraction of sp³-hybridized carbons (Fsp3) is 0. The molecule has 0 radical (unpaired) electrons. The molecule has 1 aromatic carbocycles. The molecule has 0 fully saturated rings. The Morgan fingerprint density at radius 2 is 1.71 bits per heavy atom. The minimum atomic E-state index is -4.14. The van der Waals surface area contributed by atoms with E-state index in [0.717, 1.165) is 0 Å². The quantitative estimate of drug-likeness (QED) is 0.623. The van der Waals surface area contributed by atoms with Crippen molar-refractivity contribution >= 4 is 41.9 Å². The molecule has 78 valence electrons. The van der Waals surface area contributed by atoms with Crippen LogP contribution in [0.1, 0.15) is 0 Å². The summed E-state index contributed by atoms with van der Waals surface area (Å²) < 4.78 is 46.9. The third-order valence-corrected chi connectivity index (χ3v) is 4.08. The lowest BCUT2D eigenvalue weighted by Crippen LogP contribution is -2.14. The molecule has 1 rings (SSSR count). The molecule has 0 amide bonds. The molecule has 0 unspecified atom stereocenters. The van der Waals surface area contributed by atoms with Gasteiger partial charge in [-0.2, -0.15) is 0 Å². The zero-order chi connectivity index (χ0) is 11.1. The molecule has 14 heavy (non-hydrogen) atoms. The zero-order valence-electron chi connectivity index (χ0n) is 6.39. The van der Waals surface area contributed by atoms with Crippen molar-refractivity contribution in [1.29, 1.82) is 0 Å². The van der Waals surface area contributed by atoms with Crippen LogP contribution in [-0.4, -0.2) is 8.42 Å². The largest absolute Gasteiger partial charge is 0.239 e. The van der Waals surface area contributed by atoms with Crippen molar-refractivity contribution in [2.45, 2.75) is 4.90 Å². The lowest BCUT2D eigenvalue weighted by Gasteiger charge is -2.05. The molecule has 3 nitrogen and oxygen atoms in total. The van der Waals surface area contributed by atoms with E-state index in [1.807, 2.05) is 0 Å². The van der Waals surface area contributed by atoms with Crippen LogP contribution >= 0.6 is 31.9 Å². The molecule has 0 aliphatic carbocycles. The maximum absolute atomic E-state index is 13.1. The molecular weight excluding hydrogens is 348 g/mol. The van der Waals surface area contributed by atoms with Crippen LogP contribution in [-0.2, 0) is 10.0 Å². The summed E-state index contributed by atoms with van der Waals surface area (Å²) in [6.07, 6.45) is 0. The smallest absolute Gasteiger partial charge is 0.225 e. The minimum Gasteiger partial charge on any atom is -0.225 e. The van der Waals surface area contributed by atoms with Crippen molar-refractivity contribution < 1.29 is 17.2 Å². The van der Waals surface area contributed by atoms with E-state index in [9.17, 15) is 17.2 Å². The number of nitrogens with two attached hydrogens (primary N) is 1. The monoisotopic (exact) mass is 349 g/mol. The van der Waals surface area contributed by atoms with Crippen LogP contribution in [0.3, 0.4) is 0 Å². The van der Waals surface area contributed by atoms with Gasteiger partial charge in [-0.05, 0) is 37.9 Å². The Morgan fingerprint density at radius 3 is 2.14 bits per heavy atom. The Balaban J connectivity index is 3.66. The molecule has 2 N–H and O–H groups in total. The second-order valence-electron chi connectivity index (χ2n) is 2.34. The van der Waals surface area contributed by atoms with Crippen molar-refractivity contribution in [3.8, 4) is 0 Å². The molecule has 0 aliphatic heterocycles. The predicted molar refractivity (Wildman–Crippen MR) is 53.1 cm³/mol. The molecule has 0 bridgehead atoms. The molecular formula is C6H3Br2F2NO2S. The molecule has 0 aromatic heterocycles. The van der Waals surface area contributed by atoms with E-state index in [2.05, 4.69) is 31.9 Å². The Kier molecular flexibility index (Phi) is 3.30. The number of primary sulfonamides is 1. The topological polar surface area (TPSA) is 60.2 Å². The highest BCUT2D eigenvalue weighted by molar-refractivity contribution is 9.11. The highest BCUT2D eigenvalue weighted by atomic mass is 79.9. The van der Waals surface area contributed by atoms with Crippen molar-refractivity contribution in [3.63, 3.8) is 0 Å². The fourth-order valence-electron chi connectivity index (χ4n) is 0.758. The first kappa shape index (κ1) is 12.0. The molecule has 1 aromatic rings. The molecule has 0 saturated heterocycles. The van der Waals surface area contributed by atoms with Gasteiger partial charge in [0.05, 0.1) is 8.95 Å². The SMILES string of the molecule is NS(=O)(=O)c1cc(F)c(Br)c(F)c1Br. The Labute approximate surface area is 95.6 Å². The van der Waals surface area contributed by atoms with E-state index in [1.165, 1.54) is 0 Å². The van der Waals surface area contributed by atoms with Gasteiger partial charge in [0.15, 0.2) is 5.82 Å². The maximum Gasteiger partial charge on any atom is 0.239 e. The number of benzene rings is 1. The van der Waals surface area contributed by atoms with Crippen LogP contribution in [0, 0.1) is 11.6 Å². The van der Waals surface area contributed by atoms with Crippen molar-refractivity contribution in [2.75, 3.05) is 0 Å². The molecule has 0 atom stereocenters. The van der Waals surface area contributed by atoms with Gasteiger partial charge in [0.1, 0.15) is 10.7 Å². The first-order valence-corrected chi connectivity index (χ1v) is 6.24. The third kappa shape index (κ3) is 2.13. The summed E-state index contributed by atoms with van der Waals surface area (Å²) in [6, 6.07) is 0.632. The summed E-state index contributed by atoms with van der Waals surface area (Å²) in [7, 11) is -4.14. The Hall–Kier alpha value is -0.0500.